The van der Waals surface area contributed by atoms with E-state index in [1.165, 1.54) is 0 Å². The topological polar surface area (TPSA) is 38.1 Å². The lowest BCUT2D eigenvalue weighted by Gasteiger charge is -2.20. The molecule has 0 N–H and O–H groups in total. The Labute approximate surface area is 208 Å². The molecule has 174 valence electrons. The highest BCUT2D eigenvalue weighted by Crippen LogP contribution is 2.46. The number of aldehydes is 1. The van der Waals surface area contributed by atoms with Gasteiger partial charge in [0.05, 0.1) is 23.1 Å². The third-order valence-corrected chi connectivity index (χ3v) is 8.72. The largest absolute Gasteiger partial charge is 0.319 e. The molecule has 1 aliphatic heterocycles. The van der Waals surface area contributed by atoms with Crippen LogP contribution < -0.4 is 5.30 Å². The summed E-state index contributed by atoms with van der Waals surface area (Å²) in [7, 11) is 3.62. The standard InChI is InChI=1S/C27H26BrFN3OP/c1-31(2)24-14-23(26-18(15-33)6-5-7-19(26)28)32-22-13-17(8-10-21(22)30-27(24)32)16-9-11-25(34(3)4)20(29)12-16/h5-13,15,23-24H,14H2,1-4H3. The minimum Gasteiger partial charge on any atom is -0.319 e. The number of aromatic nitrogens is 2. The Morgan fingerprint density at radius 1 is 1.12 bits per heavy atom. The van der Waals surface area contributed by atoms with Gasteiger partial charge in [-0.05, 0) is 74.8 Å². The Morgan fingerprint density at radius 2 is 1.85 bits per heavy atom. The normalized spacial score (nSPS) is 17.6. The summed E-state index contributed by atoms with van der Waals surface area (Å²) in [5.41, 5.74) is 5.35. The first-order valence-electron chi connectivity index (χ1n) is 11.2. The van der Waals surface area contributed by atoms with E-state index in [-0.39, 0.29) is 17.9 Å². The molecular weight excluding hydrogens is 512 g/mol. The van der Waals surface area contributed by atoms with Crippen molar-refractivity contribution in [3.63, 3.8) is 0 Å². The Kier molecular flexibility index (Phi) is 6.18. The fourth-order valence-electron chi connectivity index (χ4n) is 5.02. The molecule has 0 saturated carbocycles. The Morgan fingerprint density at radius 3 is 2.53 bits per heavy atom. The van der Waals surface area contributed by atoms with Crippen molar-refractivity contribution in [3.05, 3.63) is 81.8 Å². The maximum atomic E-state index is 14.8. The number of rotatable bonds is 5. The zero-order valence-corrected chi connectivity index (χ0v) is 22.1. The number of nitrogens with zero attached hydrogens (tertiary/aromatic N) is 3. The number of carbonyl (C=O) groups excluding carboxylic acids is 1. The van der Waals surface area contributed by atoms with Crippen molar-refractivity contribution in [2.45, 2.75) is 18.5 Å². The summed E-state index contributed by atoms with van der Waals surface area (Å²) in [4.78, 5) is 19.1. The van der Waals surface area contributed by atoms with Gasteiger partial charge in [-0.15, -0.1) is 0 Å². The van der Waals surface area contributed by atoms with Crippen molar-refractivity contribution in [1.29, 1.82) is 0 Å². The fraction of sp³-hybridized carbons (Fsp3) is 0.259. The van der Waals surface area contributed by atoms with Crippen LogP contribution in [-0.4, -0.2) is 48.2 Å². The molecule has 0 bridgehead atoms. The molecule has 1 aromatic heterocycles. The minimum absolute atomic E-state index is 0.0405. The van der Waals surface area contributed by atoms with Gasteiger partial charge in [-0.3, -0.25) is 9.69 Å². The minimum atomic E-state index is -0.500. The molecular formula is C27H26BrFN3OP. The molecule has 2 heterocycles. The molecule has 0 aliphatic carbocycles. The monoisotopic (exact) mass is 537 g/mol. The summed E-state index contributed by atoms with van der Waals surface area (Å²) in [6.07, 6.45) is 1.74. The summed E-state index contributed by atoms with van der Waals surface area (Å²) >= 11 is 3.69. The molecule has 1 aliphatic rings. The van der Waals surface area contributed by atoms with Gasteiger partial charge in [-0.1, -0.05) is 54.2 Å². The highest BCUT2D eigenvalue weighted by atomic mass is 79.9. The molecule has 5 rings (SSSR count). The van der Waals surface area contributed by atoms with Crippen LogP contribution in [-0.2, 0) is 0 Å². The lowest BCUT2D eigenvalue weighted by Crippen LogP contribution is -2.18. The van der Waals surface area contributed by atoms with E-state index in [1.54, 1.807) is 6.07 Å². The van der Waals surface area contributed by atoms with E-state index in [0.29, 0.717) is 5.56 Å². The highest BCUT2D eigenvalue weighted by molar-refractivity contribution is 9.10. The van der Waals surface area contributed by atoms with Crippen LogP contribution >= 0.6 is 23.9 Å². The fourth-order valence-corrected chi connectivity index (χ4v) is 6.53. The average Bonchev–Trinajstić information content (AvgIpc) is 3.35. The van der Waals surface area contributed by atoms with Gasteiger partial charge >= 0.3 is 0 Å². The van der Waals surface area contributed by atoms with Gasteiger partial charge in [0.15, 0.2) is 0 Å². The van der Waals surface area contributed by atoms with Gasteiger partial charge < -0.3 is 4.57 Å². The van der Waals surface area contributed by atoms with E-state index in [9.17, 15) is 9.18 Å². The maximum absolute atomic E-state index is 14.8. The Balaban J connectivity index is 1.70. The second kappa shape index (κ2) is 8.99. The zero-order valence-electron chi connectivity index (χ0n) is 19.6. The molecule has 4 nitrogen and oxygen atoms in total. The van der Waals surface area contributed by atoms with E-state index >= 15 is 0 Å². The van der Waals surface area contributed by atoms with Crippen molar-refractivity contribution in [3.8, 4) is 11.1 Å². The molecule has 0 fully saturated rings. The van der Waals surface area contributed by atoms with Crippen LogP contribution in [0.4, 0.5) is 4.39 Å². The molecule has 0 saturated heterocycles. The Bertz CT molecular complexity index is 1410. The van der Waals surface area contributed by atoms with Crippen LogP contribution in [0.2, 0.25) is 0 Å². The van der Waals surface area contributed by atoms with Crippen LogP contribution in [0, 0.1) is 5.82 Å². The predicted molar refractivity (Wildman–Crippen MR) is 142 cm³/mol. The number of hydrogen-bond donors (Lipinski definition) is 0. The lowest BCUT2D eigenvalue weighted by atomic mass is 9.97. The molecule has 2 unspecified atom stereocenters. The highest BCUT2D eigenvalue weighted by Gasteiger charge is 2.38. The summed E-state index contributed by atoms with van der Waals surface area (Å²) in [5.74, 6) is 0.834. The van der Waals surface area contributed by atoms with E-state index in [1.807, 2.05) is 42.5 Å². The molecule has 2 atom stereocenters. The molecule has 0 spiro atoms. The van der Waals surface area contributed by atoms with Crippen molar-refractivity contribution in [2.75, 3.05) is 27.4 Å². The Hall–Kier alpha value is -2.40. The molecule has 3 aromatic carbocycles. The van der Waals surface area contributed by atoms with Gasteiger partial charge in [0.2, 0.25) is 0 Å². The number of benzene rings is 3. The molecule has 4 aromatic rings. The number of imidazole rings is 1. The smallest absolute Gasteiger partial charge is 0.150 e. The number of fused-ring (bicyclic) bond motifs is 3. The van der Waals surface area contributed by atoms with E-state index in [4.69, 9.17) is 4.98 Å². The average molecular weight is 538 g/mol. The number of hydrogen-bond acceptors (Lipinski definition) is 3. The van der Waals surface area contributed by atoms with E-state index in [0.717, 1.165) is 56.0 Å². The predicted octanol–water partition coefficient (Wildman–Crippen LogP) is 6.38. The van der Waals surface area contributed by atoms with E-state index < -0.39 is 7.92 Å². The first-order valence-corrected chi connectivity index (χ1v) is 14.2. The number of carbonyl (C=O) groups is 1. The van der Waals surface area contributed by atoms with Gasteiger partial charge in [-0.2, -0.15) is 0 Å². The van der Waals surface area contributed by atoms with Gasteiger partial charge in [0.1, 0.15) is 17.9 Å². The van der Waals surface area contributed by atoms with Gasteiger partial charge in [0, 0.05) is 15.3 Å². The quantitative estimate of drug-likeness (QED) is 0.219. The van der Waals surface area contributed by atoms with Gasteiger partial charge in [0.25, 0.3) is 0 Å². The third kappa shape index (κ3) is 3.82. The summed E-state index contributed by atoms with van der Waals surface area (Å²) in [5, 5.41) is 0.786. The first kappa shape index (κ1) is 23.3. The van der Waals surface area contributed by atoms with Crippen molar-refractivity contribution < 1.29 is 9.18 Å². The van der Waals surface area contributed by atoms with Crippen LogP contribution in [0.3, 0.4) is 0 Å². The molecule has 0 radical (unpaired) electrons. The zero-order chi connectivity index (χ0) is 24.1. The molecule has 34 heavy (non-hydrogen) atoms. The molecule has 0 amide bonds. The van der Waals surface area contributed by atoms with Crippen molar-refractivity contribution >= 4 is 46.5 Å². The molecule has 7 heteroatoms. The van der Waals surface area contributed by atoms with Crippen LogP contribution in [0.25, 0.3) is 22.2 Å². The SMILES string of the molecule is CN(C)C1CC(c2c(Br)cccc2C=O)n2c1nc1ccc(-c3ccc(P(C)C)c(F)c3)cc12. The van der Waals surface area contributed by atoms with Crippen molar-refractivity contribution in [1.82, 2.24) is 14.5 Å². The first-order chi connectivity index (χ1) is 16.3. The number of halogens is 2. The van der Waals surface area contributed by atoms with Crippen molar-refractivity contribution in [2.24, 2.45) is 0 Å². The van der Waals surface area contributed by atoms with Crippen LogP contribution in [0.1, 0.15) is 40.3 Å². The van der Waals surface area contributed by atoms with E-state index in [2.05, 4.69) is 58.9 Å². The van der Waals surface area contributed by atoms with Gasteiger partial charge in [-0.25, -0.2) is 9.37 Å². The maximum Gasteiger partial charge on any atom is 0.150 e. The second-order valence-electron chi connectivity index (χ2n) is 9.20. The van der Waals surface area contributed by atoms with Crippen LogP contribution in [0.15, 0.2) is 59.1 Å². The van der Waals surface area contributed by atoms with Crippen LogP contribution in [0.5, 0.6) is 0 Å². The lowest BCUT2D eigenvalue weighted by molar-refractivity contribution is 0.112. The second-order valence-corrected chi connectivity index (χ2v) is 12.3. The third-order valence-electron chi connectivity index (χ3n) is 6.71. The summed E-state index contributed by atoms with van der Waals surface area (Å²) in [6, 6.07) is 17.5. The summed E-state index contributed by atoms with van der Waals surface area (Å²) < 4.78 is 17.9. The summed E-state index contributed by atoms with van der Waals surface area (Å²) in [6.45, 7) is 4.12.